The third-order valence-electron chi connectivity index (χ3n) is 4.50. The Kier molecular flexibility index (Phi) is 4.58. The fourth-order valence-corrected chi connectivity index (χ4v) is 3.45. The van der Waals surface area contributed by atoms with Crippen LogP contribution >= 0.6 is 0 Å². The molecule has 0 spiro atoms. The Bertz CT molecular complexity index is 441. The molecule has 0 bridgehead atoms. The molecule has 20 heavy (non-hydrogen) atoms. The van der Waals surface area contributed by atoms with Gasteiger partial charge in [0.15, 0.2) is 0 Å². The minimum atomic E-state index is 0.750. The highest BCUT2D eigenvalue weighted by molar-refractivity contribution is 5.37. The van der Waals surface area contributed by atoms with Gasteiger partial charge in [0.05, 0.1) is 6.61 Å². The van der Waals surface area contributed by atoms with Crippen molar-refractivity contribution in [2.24, 2.45) is 5.92 Å². The lowest BCUT2D eigenvalue weighted by atomic mass is 9.95. The van der Waals surface area contributed by atoms with Crippen molar-refractivity contribution in [3.05, 3.63) is 29.3 Å². The average Bonchev–Trinajstić information content (AvgIpc) is 2.49. The summed E-state index contributed by atoms with van der Waals surface area (Å²) in [6.45, 7) is 8.75. The Morgan fingerprint density at radius 1 is 1.35 bits per heavy atom. The number of hydrogen-bond acceptors (Lipinski definition) is 3. The fourth-order valence-electron chi connectivity index (χ4n) is 3.45. The summed E-state index contributed by atoms with van der Waals surface area (Å²) in [6, 6.07) is 6.61. The molecule has 1 N–H and O–H groups in total. The zero-order valence-electron chi connectivity index (χ0n) is 12.5. The number of piperidine rings is 1. The molecule has 1 atom stereocenters. The highest BCUT2D eigenvalue weighted by Crippen LogP contribution is 2.25. The number of hydrogen-bond donors (Lipinski definition) is 1. The van der Waals surface area contributed by atoms with Crippen LogP contribution in [0.25, 0.3) is 0 Å². The molecule has 1 aromatic rings. The summed E-state index contributed by atoms with van der Waals surface area (Å²) in [5.41, 5.74) is 2.97. The minimum absolute atomic E-state index is 0.750. The number of benzene rings is 1. The SMILES string of the molecule is CCOc1ccc2c(c1)CCN(CC1CCCNC1)C2. The maximum absolute atomic E-state index is 5.60. The van der Waals surface area contributed by atoms with Crippen molar-refractivity contribution in [1.29, 1.82) is 0 Å². The molecule has 0 amide bonds. The van der Waals surface area contributed by atoms with Gasteiger partial charge >= 0.3 is 0 Å². The molecule has 110 valence electrons. The molecule has 3 nitrogen and oxygen atoms in total. The van der Waals surface area contributed by atoms with Gasteiger partial charge in [0.2, 0.25) is 0 Å². The van der Waals surface area contributed by atoms with Gasteiger partial charge in [-0.25, -0.2) is 0 Å². The fraction of sp³-hybridized carbons (Fsp3) is 0.647. The number of rotatable bonds is 4. The van der Waals surface area contributed by atoms with Crippen LogP contribution in [0.4, 0.5) is 0 Å². The molecule has 0 saturated carbocycles. The van der Waals surface area contributed by atoms with E-state index in [0.717, 1.165) is 31.2 Å². The quantitative estimate of drug-likeness (QED) is 0.912. The topological polar surface area (TPSA) is 24.5 Å². The van der Waals surface area contributed by atoms with Crippen LogP contribution in [0.2, 0.25) is 0 Å². The van der Waals surface area contributed by atoms with Crippen LogP contribution in [0.1, 0.15) is 30.9 Å². The molecule has 1 aromatic carbocycles. The molecule has 0 radical (unpaired) electrons. The molecule has 2 heterocycles. The van der Waals surface area contributed by atoms with Gasteiger partial charge in [0.1, 0.15) is 5.75 Å². The molecule has 1 unspecified atom stereocenters. The third-order valence-corrected chi connectivity index (χ3v) is 4.50. The van der Waals surface area contributed by atoms with E-state index in [2.05, 4.69) is 28.4 Å². The second-order valence-electron chi connectivity index (χ2n) is 6.06. The van der Waals surface area contributed by atoms with Crippen LogP contribution in [-0.2, 0) is 13.0 Å². The standard InChI is InChI=1S/C17H26N2O/c1-2-20-17-6-5-16-13-19(9-7-15(16)10-17)12-14-4-3-8-18-11-14/h5-6,10,14,18H,2-4,7-9,11-13H2,1H3. The first kappa shape index (κ1) is 13.9. The first-order valence-electron chi connectivity index (χ1n) is 8.03. The van der Waals surface area contributed by atoms with Gasteiger partial charge in [-0.1, -0.05) is 6.07 Å². The summed E-state index contributed by atoms with van der Waals surface area (Å²) < 4.78 is 5.60. The molecular weight excluding hydrogens is 248 g/mol. The second kappa shape index (κ2) is 6.59. The van der Waals surface area contributed by atoms with Crippen LogP contribution in [0.3, 0.4) is 0 Å². The van der Waals surface area contributed by atoms with Crippen molar-refractivity contribution in [2.45, 2.75) is 32.7 Å². The highest BCUT2D eigenvalue weighted by atomic mass is 16.5. The zero-order chi connectivity index (χ0) is 13.8. The van der Waals surface area contributed by atoms with E-state index >= 15 is 0 Å². The van der Waals surface area contributed by atoms with Gasteiger partial charge in [-0.15, -0.1) is 0 Å². The van der Waals surface area contributed by atoms with Crippen LogP contribution in [-0.4, -0.2) is 37.7 Å². The largest absolute Gasteiger partial charge is 0.494 e. The Hall–Kier alpha value is -1.06. The second-order valence-corrected chi connectivity index (χ2v) is 6.06. The normalized spacial score (nSPS) is 23.4. The summed E-state index contributed by atoms with van der Waals surface area (Å²) in [7, 11) is 0. The van der Waals surface area contributed by atoms with Gasteiger partial charge in [-0.3, -0.25) is 4.90 Å². The summed E-state index contributed by atoms with van der Waals surface area (Å²) in [5, 5.41) is 3.52. The number of ether oxygens (including phenoxy) is 1. The number of fused-ring (bicyclic) bond motifs is 1. The van der Waals surface area contributed by atoms with E-state index < -0.39 is 0 Å². The van der Waals surface area contributed by atoms with Crippen LogP contribution in [0.5, 0.6) is 5.75 Å². The van der Waals surface area contributed by atoms with Crippen LogP contribution < -0.4 is 10.1 Å². The lowest BCUT2D eigenvalue weighted by Gasteiger charge is -2.33. The van der Waals surface area contributed by atoms with E-state index in [-0.39, 0.29) is 0 Å². The predicted octanol–water partition coefficient (Wildman–Crippen LogP) is 2.44. The Balaban J connectivity index is 1.60. The van der Waals surface area contributed by atoms with Crippen LogP contribution in [0, 0.1) is 5.92 Å². The van der Waals surface area contributed by atoms with E-state index in [1.165, 1.54) is 50.1 Å². The molecule has 2 aliphatic rings. The zero-order valence-corrected chi connectivity index (χ0v) is 12.5. The Morgan fingerprint density at radius 3 is 3.10 bits per heavy atom. The summed E-state index contributed by atoms with van der Waals surface area (Å²) in [6.07, 6.45) is 3.89. The first-order valence-corrected chi connectivity index (χ1v) is 8.03. The molecule has 3 rings (SSSR count). The monoisotopic (exact) mass is 274 g/mol. The Labute approximate surface area is 122 Å². The summed E-state index contributed by atoms with van der Waals surface area (Å²) in [5.74, 6) is 1.86. The van der Waals surface area contributed by atoms with Gasteiger partial charge < -0.3 is 10.1 Å². The van der Waals surface area contributed by atoms with E-state index in [4.69, 9.17) is 4.74 Å². The molecule has 1 saturated heterocycles. The molecule has 3 heteroatoms. The van der Waals surface area contributed by atoms with E-state index in [0.29, 0.717) is 0 Å². The van der Waals surface area contributed by atoms with Crippen molar-refractivity contribution in [1.82, 2.24) is 10.2 Å². The van der Waals surface area contributed by atoms with Crippen molar-refractivity contribution in [2.75, 3.05) is 32.8 Å². The van der Waals surface area contributed by atoms with E-state index in [9.17, 15) is 0 Å². The summed E-state index contributed by atoms with van der Waals surface area (Å²) >= 11 is 0. The summed E-state index contributed by atoms with van der Waals surface area (Å²) in [4.78, 5) is 2.63. The average molecular weight is 274 g/mol. The molecule has 0 aliphatic carbocycles. The molecule has 0 aromatic heterocycles. The van der Waals surface area contributed by atoms with E-state index in [1.54, 1.807) is 0 Å². The first-order chi connectivity index (χ1) is 9.85. The van der Waals surface area contributed by atoms with Gasteiger partial charge in [0, 0.05) is 19.6 Å². The molecular formula is C17H26N2O. The van der Waals surface area contributed by atoms with Crippen molar-refractivity contribution < 1.29 is 4.74 Å². The van der Waals surface area contributed by atoms with Crippen molar-refractivity contribution >= 4 is 0 Å². The maximum atomic E-state index is 5.60. The molecule has 1 fully saturated rings. The van der Waals surface area contributed by atoms with Crippen molar-refractivity contribution in [3.63, 3.8) is 0 Å². The van der Waals surface area contributed by atoms with Crippen LogP contribution in [0.15, 0.2) is 18.2 Å². The number of nitrogens with one attached hydrogen (secondary N) is 1. The van der Waals surface area contributed by atoms with Gasteiger partial charge in [0.25, 0.3) is 0 Å². The van der Waals surface area contributed by atoms with E-state index in [1.807, 2.05) is 6.92 Å². The Morgan fingerprint density at radius 2 is 2.30 bits per heavy atom. The van der Waals surface area contributed by atoms with Crippen molar-refractivity contribution in [3.8, 4) is 5.75 Å². The number of nitrogens with zero attached hydrogens (tertiary/aromatic N) is 1. The lowest BCUT2D eigenvalue weighted by molar-refractivity contribution is 0.193. The highest BCUT2D eigenvalue weighted by Gasteiger charge is 2.21. The molecule has 2 aliphatic heterocycles. The minimum Gasteiger partial charge on any atom is -0.494 e. The van der Waals surface area contributed by atoms with Gasteiger partial charge in [-0.2, -0.15) is 0 Å². The lowest BCUT2D eigenvalue weighted by Crippen LogP contribution is -2.40. The van der Waals surface area contributed by atoms with Gasteiger partial charge in [-0.05, 0) is 68.5 Å². The third kappa shape index (κ3) is 3.33. The predicted molar refractivity (Wildman–Crippen MR) is 82.2 cm³/mol. The maximum Gasteiger partial charge on any atom is 0.119 e. The smallest absolute Gasteiger partial charge is 0.119 e.